The van der Waals surface area contributed by atoms with Gasteiger partial charge in [0, 0.05) is 19.6 Å². The molecule has 23 heavy (non-hydrogen) atoms. The molecule has 2 heterocycles. The van der Waals surface area contributed by atoms with Crippen LogP contribution in [0.1, 0.15) is 12.8 Å². The third kappa shape index (κ3) is 4.23. The fourth-order valence-electron chi connectivity index (χ4n) is 2.81. The molecule has 6 nitrogen and oxygen atoms in total. The molecule has 0 saturated carbocycles. The normalized spacial score (nSPS) is 24.7. The Morgan fingerprint density at radius 3 is 2.83 bits per heavy atom. The van der Waals surface area contributed by atoms with Gasteiger partial charge >= 0.3 is 0 Å². The molecule has 2 aliphatic heterocycles. The van der Waals surface area contributed by atoms with E-state index in [1.54, 1.807) is 6.26 Å². The molecule has 3 N–H and O–H groups in total. The second-order valence-corrected chi connectivity index (χ2v) is 5.92. The summed E-state index contributed by atoms with van der Waals surface area (Å²) >= 11 is 0. The third-order valence-electron chi connectivity index (χ3n) is 4.19. The van der Waals surface area contributed by atoms with Gasteiger partial charge in [0.1, 0.15) is 18.6 Å². The molecule has 0 amide bonds. The van der Waals surface area contributed by atoms with Gasteiger partial charge in [-0.3, -0.25) is 4.90 Å². The number of aliphatic hydroxyl groups excluding tert-OH is 1. The molecular formula is C17H24N2O4. The standard InChI is InChI=1S/C17H24N2O4/c18-14(10-19-6-8-21-9-7-19)17(20)16-12-22-11-15(23-16)13-4-2-1-3-5-13/h1-2,4,11-12,14,17,20H,3,5-10,18H2/t14-,17-/m1/s1. The van der Waals surface area contributed by atoms with Gasteiger partial charge in [-0.25, -0.2) is 0 Å². The van der Waals surface area contributed by atoms with Crippen LogP contribution in [-0.2, 0) is 14.2 Å². The van der Waals surface area contributed by atoms with Crippen LogP contribution in [0, 0.1) is 0 Å². The van der Waals surface area contributed by atoms with Gasteiger partial charge in [0.05, 0.1) is 19.3 Å². The summed E-state index contributed by atoms with van der Waals surface area (Å²) in [6, 6.07) is -0.442. The van der Waals surface area contributed by atoms with Crippen LogP contribution in [-0.4, -0.2) is 55.0 Å². The van der Waals surface area contributed by atoms with Gasteiger partial charge in [-0.15, -0.1) is 0 Å². The number of hydrogen-bond acceptors (Lipinski definition) is 6. The number of aliphatic hydroxyl groups is 1. The van der Waals surface area contributed by atoms with Crippen LogP contribution in [0.2, 0.25) is 0 Å². The van der Waals surface area contributed by atoms with Crippen LogP contribution >= 0.6 is 0 Å². The second-order valence-electron chi connectivity index (χ2n) is 5.92. The molecule has 1 fully saturated rings. The molecule has 0 aromatic rings. The predicted molar refractivity (Wildman–Crippen MR) is 86.0 cm³/mol. The Morgan fingerprint density at radius 1 is 1.26 bits per heavy atom. The SMILES string of the molecule is N[C@H](CN1CCOCC1)[C@@H](O)C1=COC=C(C2=CC=CCC2)O1. The van der Waals surface area contributed by atoms with Crippen LogP contribution in [0.25, 0.3) is 0 Å². The Kier molecular flexibility index (Phi) is 5.51. The molecule has 3 aliphatic rings. The lowest BCUT2D eigenvalue weighted by Crippen LogP contribution is -2.49. The van der Waals surface area contributed by atoms with Gasteiger partial charge in [-0.2, -0.15) is 0 Å². The summed E-state index contributed by atoms with van der Waals surface area (Å²) in [7, 11) is 0. The maximum Gasteiger partial charge on any atom is 0.169 e. The molecule has 2 atom stereocenters. The quantitative estimate of drug-likeness (QED) is 0.787. The van der Waals surface area contributed by atoms with E-state index in [1.165, 1.54) is 6.26 Å². The number of morpholine rings is 1. The molecule has 0 radical (unpaired) electrons. The van der Waals surface area contributed by atoms with Crippen molar-refractivity contribution >= 4 is 0 Å². The van der Waals surface area contributed by atoms with Crippen molar-refractivity contribution in [3.8, 4) is 0 Å². The van der Waals surface area contributed by atoms with E-state index in [2.05, 4.69) is 11.0 Å². The average molecular weight is 320 g/mol. The maximum atomic E-state index is 10.5. The molecule has 126 valence electrons. The molecule has 6 heteroatoms. The highest BCUT2D eigenvalue weighted by Gasteiger charge is 2.27. The lowest BCUT2D eigenvalue weighted by molar-refractivity contribution is 0.0220. The summed E-state index contributed by atoms with van der Waals surface area (Å²) in [5.41, 5.74) is 7.21. The van der Waals surface area contributed by atoms with E-state index in [0.717, 1.165) is 31.5 Å². The van der Waals surface area contributed by atoms with Gasteiger partial charge in [0.25, 0.3) is 0 Å². The Labute approximate surface area is 136 Å². The van der Waals surface area contributed by atoms with E-state index >= 15 is 0 Å². The topological polar surface area (TPSA) is 77.2 Å². The van der Waals surface area contributed by atoms with Crippen LogP contribution in [0.5, 0.6) is 0 Å². The van der Waals surface area contributed by atoms with Crippen LogP contribution in [0.15, 0.2) is 47.8 Å². The Balaban J connectivity index is 1.56. The van der Waals surface area contributed by atoms with Crippen LogP contribution < -0.4 is 5.73 Å². The van der Waals surface area contributed by atoms with E-state index in [1.807, 2.05) is 12.2 Å². The van der Waals surface area contributed by atoms with E-state index in [0.29, 0.717) is 31.3 Å². The maximum absolute atomic E-state index is 10.5. The first-order valence-electron chi connectivity index (χ1n) is 8.07. The van der Waals surface area contributed by atoms with Gasteiger partial charge in [0.2, 0.25) is 0 Å². The zero-order valence-electron chi connectivity index (χ0n) is 13.2. The molecule has 0 aromatic carbocycles. The summed E-state index contributed by atoms with van der Waals surface area (Å²) in [5.74, 6) is 1.00. The molecular weight excluding hydrogens is 296 g/mol. The minimum absolute atomic E-state index is 0.360. The largest absolute Gasteiger partial charge is 0.465 e. The highest BCUT2D eigenvalue weighted by Crippen LogP contribution is 2.27. The molecule has 0 spiro atoms. The molecule has 0 bridgehead atoms. The molecule has 1 saturated heterocycles. The van der Waals surface area contributed by atoms with Crippen LogP contribution in [0.3, 0.4) is 0 Å². The molecule has 1 aliphatic carbocycles. The lowest BCUT2D eigenvalue weighted by Gasteiger charge is -2.31. The minimum Gasteiger partial charge on any atom is -0.465 e. The van der Waals surface area contributed by atoms with E-state index < -0.39 is 12.1 Å². The minimum atomic E-state index is -0.902. The number of rotatable bonds is 5. The first-order valence-corrected chi connectivity index (χ1v) is 8.07. The highest BCUT2D eigenvalue weighted by atomic mass is 16.6. The first kappa shape index (κ1) is 16.3. The van der Waals surface area contributed by atoms with Gasteiger partial charge in [-0.05, 0) is 18.4 Å². The molecule has 0 unspecified atom stereocenters. The molecule has 0 aromatic heterocycles. The monoisotopic (exact) mass is 320 g/mol. The van der Waals surface area contributed by atoms with E-state index in [4.69, 9.17) is 19.9 Å². The first-order chi connectivity index (χ1) is 11.2. The van der Waals surface area contributed by atoms with Crippen molar-refractivity contribution in [1.82, 2.24) is 4.90 Å². The van der Waals surface area contributed by atoms with Gasteiger partial charge in [0.15, 0.2) is 11.5 Å². The third-order valence-corrected chi connectivity index (χ3v) is 4.19. The van der Waals surface area contributed by atoms with Crippen molar-refractivity contribution in [2.24, 2.45) is 5.73 Å². The highest BCUT2D eigenvalue weighted by molar-refractivity contribution is 5.33. The van der Waals surface area contributed by atoms with Crippen molar-refractivity contribution in [3.05, 3.63) is 47.8 Å². The van der Waals surface area contributed by atoms with Gasteiger partial charge in [-0.1, -0.05) is 18.2 Å². The predicted octanol–water partition coefficient (Wildman–Crippen LogP) is 1.01. The van der Waals surface area contributed by atoms with Crippen molar-refractivity contribution in [1.29, 1.82) is 0 Å². The van der Waals surface area contributed by atoms with Crippen molar-refractivity contribution in [3.63, 3.8) is 0 Å². The lowest BCUT2D eigenvalue weighted by atomic mass is 10.0. The summed E-state index contributed by atoms with van der Waals surface area (Å²) in [4.78, 5) is 2.19. The summed E-state index contributed by atoms with van der Waals surface area (Å²) in [5, 5.41) is 10.5. The Bertz CT molecular complexity index is 533. The smallest absolute Gasteiger partial charge is 0.169 e. The fraction of sp³-hybridized carbons (Fsp3) is 0.529. The number of allylic oxidation sites excluding steroid dienone is 4. The van der Waals surface area contributed by atoms with Crippen molar-refractivity contribution < 1.29 is 19.3 Å². The second kappa shape index (κ2) is 7.79. The fourth-order valence-corrected chi connectivity index (χ4v) is 2.81. The zero-order valence-corrected chi connectivity index (χ0v) is 13.2. The van der Waals surface area contributed by atoms with E-state index in [-0.39, 0.29) is 0 Å². The number of nitrogens with zero attached hydrogens (tertiary/aromatic N) is 1. The Morgan fingerprint density at radius 2 is 2.09 bits per heavy atom. The van der Waals surface area contributed by atoms with E-state index in [9.17, 15) is 5.11 Å². The van der Waals surface area contributed by atoms with Crippen LogP contribution in [0.4, 0.5) is 0 Å². The number of nitrogens with two attached hydrogens (primary N) is 1. The summed E-state index contributed by atoms with van der Waals surface area (Å²) in [6.07, 6.45) is 10.1. The summed E-state index contributed by atoms with van der Waals surface area (Å²) < 4.78 is 16.5. The number of ether oxygens (including phenoxy) is 3. The average Bonchev–Trinajstić information content (AvgIpc) is 2.63. The Hall–Kier alpha value is -1.60. The van der Waals surface area contributed by atoms with Crippen molar-refractivity contribution in [2.75, 3.05) is 32.8 Å². The van der Waals surface area contributed by atoms with Gasteiger partial charge < -0.3 is 25.1 Å². The molecule has 3 rings (SSSR count). The summed E-state index contributed by atoms with van der Waals surface area (Å²) in [6.45, 7) is 3.68. The number of hydrogen-bond donors (Lipinski definition) is 2. The zero-order chi connectivity index (χ0) is 16.1. The van der Waals surface area contributed by atoms with Crippen molar-refractivity contribution in [2.45, 2.75) is 25.0 Å².